The summed E-state index contributed by atoms with van der Waals surface area (Å²) in [6, 6.07) is 0.872. The smallest absolute Gasteiger partial charge is 0.156 e. The molecule has 2 aliphatic rings. The van der Waals surface area contributed by atoms with Crippen LogP contribution in [0.3, 0.4) is 0 Å². The Morgan fingerprint density at radius 2 is 2.00 bits per heavy atom. The van der Waals surface area contributed by atoms with E-state index < -0.39 is 0 Å². The molecule has 0 aromatic rings. The van der Waals surface area contributed by atoms with Crippen LogP contribution in [-0.2, 0) is 0 Å². The normalized spacial score (nSPS) is 32.2. The Kier molecular flexibility index (Phi) is 5.66. The summed E-state index contributed by atoms with van der Waals surface area (Å²) >= 11 is 0. The summed E-state index contributed by atoms with van der Waals surface area (Å²) in [4.78, 5) is 5.02. The van der Waals surface area contributed by atoms with Gasteiger partial charge in [-0.05, 0) is 25.2 Å². The van der Waals surface area contributed by atoms with Crippen LogP contribution in [0, 0.1) is 5.92 Å². The Morgan fingerprint density at radius 1 is 1.30 bits per heavy atom. The minimum Gasteiger partial charge on any atom is -0.409 e. The van der Waals surface area contributed by atoms with E-state index in [0.717, 1.165) is 44.6 Å². The molecule has 3 unspecified atom stereocenters. The van der Waals surface area contributed by atoms with Crippen LogP contribution in [0.1, 0.15) is 46.0 Å². The van der Waals surface area contributed by atoms with Crippen LogP contribution in [-0.4, -0.2) is 59.1 Å². The van der Waals surface area contributed by atoms with Gasteiger partial charge in [-0.1, -0.05) is 31.8 Å². The number of oxime groups is 1. The Hall–Kier alpha value is -0.810. The average molecular weight is 282 g/mol. The van der Waals surface area contributed by atoms with Gasteiger partial charge >= 0.3 is 0 Å². The van der Waals surface area contributed by atoms with E-state index in [1.54, 1.807) is 0 Å². The monoisotopic (exact) mass is 282 g/mol. The molecular formula is C15H30N4O. The molecule has 0 radical (unpaired) electrons. The minimum atomic E-state index is 0.0902. The molecule has 1 saturated heterocycles. The van der Waals surface area contributed by atoms with Gasteiger partial charge in [0.2, 0.25) is 0 Å². The van der Waals surface area contributed by atoms with Gasteiger partial charge in [0, 0.05) is 32.2 Å². The highest BCUT2D eigenvalue weighted by atomic mass is 16.4. The van der Waals surface area contributed by atoms with E-state index in [4.69, 9.17) is 10.9 Å². The van der Waals surface area contributed by atoms with E-state index in [9.17, 15) is 0 Å². The molecule has 1 aliphatic carbocycles. The zero-order valence-corrected chi connectivity index (χ0v) is 13.0. The summed E-state index contributed by atoms with van der Waals surface area (Å²) in [7, 11) is 0. The van der Waals surface area contributed by atoms with Crippen LogP contribution < -0.4 is 5.73 Å². The fourth-order valence-electron chi connectivity index (χ4n) is 3.87. The highest BCUT2D eigenvalue weighted by Crippen LogP contribution is 2.28. The number of hydrogen-bond acceptors (Lipinski definition) is 4. The second-order valence-electron chi connectivity index (χ2n) is 6.45. The van der Waals surface area contributed by atoms with Gasteiger partial charge in [-0.25, -0.2) is 0 Å². The summed E-state index contributed by atoms with van der Waals surface area (Å²) in [5, 5.41) is 12.1. The van der Waals surface area contributed by atoms with E-state index in [1.165, 1.54) is 25.7 Å². The Bertz CT molecular complexity index is 326. The first-order chi connectivity index (χ1) is 9.65. The first kappa shape index (κ1) is 15.6. The van der Waals surface area contributed by atoms with Crippen LogP contribution >= 0.6 is 0 Å². The average Bonchev–Trinajstić information content (AvgIpc) is 2.48. The van der Waals surface area contributed by atoms with Gasteiger partial charge in [0.05, 0.1) is 6.04 Å². The highest BCUT2D eigenvalue weighted by molar-refractivity contribution is 5.85. The van der Waals surface area contributed by atoms with Gasteiger partial charge in [0.15, 0.2) is 5.84 Å². The number of piperazine rings is 1. The molecule has 0 spiro atoms. The molecule has 1 saturated carbocycles. The van der Waals surface area contributed by atoms with Crippen molar-refractivity contribution in [1.29, 1.82) is 0 Å². The molecule has 1 aliphatic heterocycles. The maximum atomic E-state index is 8.88. The van der Waals surface area contributed by atoms with Crippen molar-refractivity contribution in [2.75, 3.05) is 26.2 Å². The van der Waals surface area contributed by atoms with Crippen molar-refractivity contribution >= 4 is 5.84 Å². The fraction of sp³-hybridized carbons (Fsp3) is 0.933. The predicted molar refractivity (Wildman–Crippen MR) is 82.1 cm³/mol. The molecular weight excluding hydrogens is 252 g/mol. The predicted octanol–water partition coefficient (Wildman–Crippen LogP) is 1.71. The zero-order chi connectivity index (χ0) is 14.5. The quantitative estimate of drug-likeness (QED) is 0.356. The topological polar surface area (TPSA) is 65.1 Å². The molecule has 2 fully saturated rings. The summed E-state index contributed by atoms with van der Waals surface area (Å²) in [5.74, 6) is 1.24. The van der Waals surface area contributed by atoms with Gasteiger partial charge in [0.1, 0.15) is 0 Å². The maximum Gasteiger partial charge on any atom is 0.156 e. The summed E-state index contributed by atoms with van der Waals surface area (Å²) in [6.45, 7) is 8.77. The first-order valence-electron chi connectivity index (χ1n) is 8.11. The molecule has 5 nitrogen and oxygen atoms in total. The molecule has 2 rings (SSSR count). The van der Waals surface area contributed by atoms with Crippen LogP contribution in [0.4, 0.5) is 0 Å². The second-order valence-corrected chi connectivity index (χ2v) is 6.45. The molecule has 0 bridgehead atoms. The second kappa shape index (κ2) is 7.27. The molecule has 116 valence electrons. The third-order valence-electron chi connectivity index (χ3n) is 5.06. The largest absolute Gasteiger partial charge is 0.409 e. The van der Waals surface area contributed by atoms with Gasteiger partial charge in [-0.3, -0.25) is 9.80 Å². The van der Waals surface area contributed by atoms with Crippen molar-refractivity contribution in [3.8, 4) is 0 Å². The Labute approximate surface area is 122 Å². The minimum absolute atomic E-state index is 0.0902. The van der Waals surface area contributed by atoms with Gasteiger partial charge in [0.25, 0.3) is 0 Å². The molecule has 0 amide bonds. The Balaban J connectivity index is 1.85. The van der Waals surface area contributed by atoms with Crippen molar-refractivity contribution < 1.29 is 5.21 Å². The molecule has 3 N–H and O–H groups in total. The van der Waals surface area contributed by atoms with Crippen molar-refractivity contribution in [1.82, 2.24) is 9.80 Å². The van der Waals surface area contributed by atoms with Gasteiger partial charge in [-0.15, -0.1) is 0 Å². The highest BCUT2D eigenvalue weighted by Gasteiger charge is 2.30. The first-order valence-corrected chi connectivity index (χ1v) is 8.11. The third kappa shape index (κ3) is 3.64. The molecule has 20 heavy (non-hydrogen) atoms. The van der Waals surface area contributed by atoms with E-state index in [0.29, 0.717) is 5.84 Å². The number of amidine groups is 1. The van der Waals surface area contributed by atoms with Crippen molar-refractivity contribution in [3.05, 3.63) is 0 Å². The van der Waals surface area contributed by atoms with Gasteiger partial charge < -0.3 is 10.9 Å². The lowest BCUT2D eigenvalue weighted by molar-refractivity contribution is 0.0597. The molecule has 1 heterocycles. The van der Waals surface area contributed by atoms with Crippen molar-refractivity contribution in [2.24, 2.45) is 16.8 Å². The number of rotatable bonds is 4. The van der Waals surface area contributed by atoms with E-state index >= 15 is 0 Å². The van der Waals surface area contributed by atoms with E-state index in [-0.39, 0.29) is 6.04 Å². The summed E-state index contributed by atoms with van der Waals surface area (Å²) in [5.41, 5.74) is 5.80. The number of nitrogens with two attached hydrogens (primary N) is 1. The Morgan fingerprint density at radius 3 is 2.55 bits per heavy atom. The molecule has 0 aromatic carbocycles. The van der Waals surface area contributed by atoms with Crippen molar-refractivity contribution in [2.45, 2.75) is 58.0 Å². The zero-order valence-electron chi connectivity index (χ0n) is 13.0. The maximum absolute atomic E-state index is 8.88. The van der Waals surface area contributed by atoms with Crippen molar-refractivity contribution in [3.63, 3.8) is 0 Å². The number of hydrogen-bond donors (Lipinski definition) is 2. The lowest BCUT2D eigenvalue weighted by Crippen LogP contribution is -2.56. The fourth-order valence-corrected chi connectivity index (χ4v) is 3.87. The van der Waals surface area contributed by atoms with E-state index in [1.807, 2.05) is 0 Å². The van der Waals surface area contributed by atoms with Crippen LogP contribution in [0.5, 0.6) is 0 Å². The summed E-state index contributed by atoms with van der Waals surface area (Å²) < 4.78 is 0. The van der Waals surface area contributed by atoms with Crippen LogP contribution in [0.2, 0.25) is 0 Å². The summed E-state index contributed by atoms with van der Waals surface area (Å²) in [6.07, 6.45) is 6.40. The van der Waals surface area contributed by atoms with Crippen LogP contribution in [0.15, 0.2) is 5.16 Å². The lowest BCUT2D eigenvalue weighted by atomic mass is 9.86. The van der Waals surface area contributed by atoms with Crippen LogP contribution in [0.25, 0.3) is 0 Å². The van der Waals surface area contributed by atoms with E-state index in [2.05, 4.69) is 28.8 Å². The SMILES string of the molecule is CCC(C(N)=NO)N1CCN(C2CCCC(C)C2)CC1. The molecule has 5 heteroatoms. The molecule has 0 aromatic heterocycles. The standard InChI is InChI=1S/C15H30N4O/c1-3-14(15(16)17-20)19-9-7-18(8-10-19)13-6-4-5-12(2)11-13/h12-14,20H,3-11H2,1-2H3,(H2,16,17). The van der Waals surface area contributed by atoms with Gasteiger partial charge in [-0.2, -0.15) is 0 Å². The third-order valence-corrected chi connectivity index (χ3v) is 5.06. The lowest BCUT2D eigenvalue weighted by Gasteiger charge is -2.43. The number of nitrogens with zero attached hydrogens (tertiary/aromatic N) is 3. The molecule has 3 atom stereocenters.